The average molecular weight is 222 g/mol. The summed E-state index contributed by atoms with van der Waals surface area (Å²) in [4.78, 5) is 17.3. The molecule has 1 heterocycles. The molecule has 0 fully saturated rings. The molecule has 5 heteroatoms. The zero-order chi connectivity index (χ0) is 12.3. The quantitative estimate of drug-likeness (QED) is 0.791. The molecule has 0 aromatic carbocycles. The SMILES string of the molecule is CC(C)CN(C)c1ncc(N)cc1C(N)=O. The third kappa shape index (κ3) is 2.85. The standard InChI is InChI=1S/C11H18N4O/c1-7(2)6-15(3)11-9(10(13)16)4-8(12)5-14-11/h4-5,7H,6,12H2,1-3H3,(H2,13,16). The third-order valence-corrected chi connectivity index (χ3v) is 2.15. The third-order valence-electron chi connectivity index (χ3n) is 2.15. The highest BCUT2D eigenvalue weighted by Crippen LogP contribution is 2.19. The second-order valence-corrected chi connectivity index (χ2v) is 4.28. The normalized spacial score (nSPS) is 10.5. The molecule has 0 saturated heterocycles. The van der Waals surface area contributed by atoms with Crippen LogP contribution in [0.5, 0.6) is 0 Å². The molecule has 0 radical (unpaired) electrons. The first-order valence-electron chi connectivity index (χ1n) is 5.18. The number of anilines is 2. The first-order valence-corrected chi connectivity index (χ1v) is 5.18. The molecule has 0 saturated carbocycles. The van der Waals surface area contributed by atoms with Crippen LogP contribution in [0, 0.1) is 5.92 Å². The number of amides is 1. The minimum atomic E-state index is -0.509. The Bertz CT molecular complexity index is 390. The van der Waals surface area contributed by atoms with Crippen molar-refractivity contribution in [3.05, 3.63) is 17.8 Å². The molecular formula is C11H18N4O. The highest BCUT2D eigenvalue weighted by atomic mass is 16.1. The number of carbonyl (C=O) groups is 1. The van der Waals surface area contributed by atoms with Gasteiger partial charge < -0.3 is 16.4 Å². The van der Waals surface area contributed by atoms with Crippen LogP contribution in [-0.2, 0) is 0 Å². The van der Waals surface area contributed by atoms with Gasteiger partial charge >= 0.3 is 0 Å². The molecule has 0 bridgehead atoms. The fraction of sp³-hybridized carbons (Fsp3) is 0.455. The van der Waals surface area contributed by atoms with Gasteiger partial charge in [0.15, 0.2) is 0 Å². The number of primary amides is 1. The molecule has 5 nitrogen and oxygen atoms in total. The van der Waals surface area contributed by atoms with Gasteiger partial charge in [-0.3, -0.25) is 4.79 Å². The van der Waals surface area contributed by atoms with E-state index in [1.807, 2.05) is 11.9 Å². The fourth-order valence-corrected chi connectivity index (χ4v) is 1.59. The number of nitrogens with zero attached hydrogens (tertiary/aromatic N) is 2. The van der Waals surface area contributed by atoms with Gasteiger partial charge in [-0.25, -0.2) is 4.98 Å². The number of hydrogen-bond acceptors (Lipinski definition) is 4. The van der Waals surface area contributed by atoms with Crippen LogP contribution in [0.3, 0.4) is 0 Å². The molecule has 1 aromatic rings. The number of carbonyl (C=O) groups excluding carboxylic acids is 1. The van der Waals surface area contributed by atoms with Crippen LogP contribution in [0.1, 0.15) is 24.2 Å². The van der Waals surface area contributed by atoms with Crippen molar-refractivity contribution >= 4 is 17.4 Å². The van der Waals surface area contributed by atoms with E-state index in [1.54, 1.807) is 6.07 Å². The molecule has 0 atom stereocenters. The first-order chi connectivity index (χ1) is 7.41. The van der Waals surface area contributed by atoms with Crippen molar-refractivity contribution in [2.45, 2.75) is 13.8 Å². The van der Waals surface area contributed by atoms with Crippen molar-refractivity contribution in [3.8, 4) is 0 Å². The van der Waals surface area contributed by atoms with Crippen LogP contribution in [0.15, 0.2) is 12.3 Å². The van der Waals surface area contributed by atoms with Crippen LogP contribution in [0.25, 0.3) is 0 Å². The number of aromatic nitrogens is 1. The van der Waals surface area contributed by atoms with E-state index in [2.05, 4.69) is 18.8 Å². The van der Waals surface area contributed by atoms with E-state index in [0.717, 1.165) is 6.54 Å². The summed E-state index contributed by atoms with van der Waals surface area (Å²) in [5.74, 6) is 0.547. The van der Waals surface area contributed by atoms with Crippen molar-refractivity contribution in [1.29, 1.82) is 0 Å². The highest BCUT2D eigenvalue weighted by molar-refractivity contribution is 5.98. The molecule has 0 aliphatic carbocycles. The van der Waals surface area contributed by atoms with Crippen LogP contribution in [0.4, 0.5) is 11.5 Å². The number of nitrogen functional groups attached to an aromatic ring is 1. The van der Waals surface area contributed by atoms with E-state index in [1.165, 1.54) is 6.20 Å². The Morgan fingerprint density at radius 1 is 1.56 bits per heavy atom. The van der Waals surface area contributed by atoms with Crippen LogP contribution >= 0.6 is 0 Å². The van der Waals surface area contributed by atoms with Crippen molar-refractivity contribution in [2.24, 2.45) is 11.7 Å². The van der Waals surface area contributed by atoms with Crippen molar-refractivity contribution in [3.63, 3.8) is 0 Å². The summed E-state index contributed by atoms with van der Waals surface area (Å²) < 4.78 is 0. The Morgan fingerprint density at radius 2 is 2.19 bits per heavy atom. The Labute approximate surface area is 95.4 Å². The number of rotatable bonds is 4. The van der Waals surface area contributed by atoms with Crippen LogP contribution < -0.4 is 16.4 Å². The molecule has 4 N–H and O–H groups in total. The first kappa shape index (κ1) is 12.3. The maximum absolute atomic E-state index is 11.3. The predicted molar refractivity (Wildman–Crippen MR) is 65.3 cm³/mol. The second kappa shape index (κ2) is 4.83. The number of hydrogen-bond donors (Lipinski definition) is 2. The van der Waals surface area contributed by atoms with Gasteiger partial charge in [-0.05, 0) is 12.0 Å². The number of pyridine rings is 1. The minimum Gasteiger partial charge on any atom is -0.397 e. The predicted octanol–water partition coefficient (Wildman–Crippen LogP) is 0.855. The maximum atomic E-state index is 11.3. The van der Waals surface area contributed by atoms with Gasteiger partial charge in [0.2, 0.25) is 0 Å². The second-order valence-electron chi connectivity index (χ2n) is 4.28. The van der Waals surface area contributed by atoms with E-state index < -0.39 is 5.91 Å². The van der Waals surface area contributed by atoms with Gasteiger partial charge in [-0.1, -0.05) is 13.8 Å². The fourth-order valence-electron chi connectivity index (χ4n) is 1.59. The lowest BCUT2D eigenvalue weighted by Gasteiger charge is -2.22. The molecule has 0 aliphatic heterocycles. The molecule has 1 rings (SSSR count). The molecule has 16 heavy (non-hydrogen) atoms. The van der Waals surface area contributed by atoms with Gasteiger partial charge in [0.1, 0.15) is 5.82 Å². The summed E-state index contributed by atoms with van der Waals surface area (Å²) in [6, 6.07) is 1.56. The lowest BCUT2D eigenvalue weighted by molar-refractivity contribution is 0.100. The smallest absolute Gasteiger partial charge is 0.252 e. The van der Waals surface area contributed by atoms with Gasteiger partial charge in [0.25, 0.3) is 5.91 Å². The Kier molecular flexibility index (Phi) is 3.71. The van der Waals surface area contributed by atoms with Crippen molar-refractivity contribution in [1.82, 2.24) is 4.98 Å². The van der Waals surface area contributed by atoms with Gasteiger partial charge in [-0.15, -0.1) is 0 Å². The van der Waals surface area contributed by atoms with Gasteiger partial charge in [-0.2, -0.15) is 0 Å². The van der Waals surface area contributed by atoms with E-state index in [0.29, 0.717) is 23.0 Å². The van der Waals surface area contributed by atoms with Crippen molar-refractivity contribution in [2.75, 3.05) is 24.2 Å². The summed E-state index contributed by atoms with van der Waals surface area (Å²) >= 11 is 0. The molecule has 0 aliphatic rings. The molecule has 0 spiro atoms. The topological polar surface area (TPSA) is 85.2 Å². The summed E-state index contributed by atoms with van der Waals surface area (Å²) in [6.45, 7) is 4.99. The Morgan fingerprint density at radius 3 is 2.69 bits per heavy atom. The summed E-state index contributed by atoms with van der Waals surface area (Å²) in [6.07, 6.45) is 1.53. The minimum absolute atomic E-state index is 0.364. The van der Waals surface area contributed by atoms with E-state index >= 15 is 0 Å². The summed E-state index contributed by atoms with van der Waals surface area (Å²) in [5.41, 5.74) is 11.7. The van der Waals surface area contributed by atoms with E-state index in [-0.39, 0.29) is 0 Å². The maximum Gasteiger partial charge on any atom is 0.252 e. The zero-order valence-corrected chi connectivity index (χ0v) is 9.90. The number of nitrogens with two attached hydrogens (primary N) is 2. The Hall–Kier alpha value is -1.78. The Balaban J connectivity index is 3.07. The largest absolute Gasteiger partial charge is 0.397 e. The lowest BCUT2D eigenvalue weighted by atomic mass is 10.2. The van der Waals surface area contributed by atoms with Crippen LogP contribution in [-0.4, -0.2) is 24.5 Å². The molecular weight excluding hydrogens is 204 g/mol. The average Bonchev–Trinajstić information content (AvgIpc) is 2.16. The monoisotopic (exact) mass is 222 g/mol. The van der Waals surface area contributed by atoms with E-state index in [9.17, 15) is 4.79 Å². The molecule has 88 valence electrons. The molecule has 1 amide bonds. The van der Waals surface area contributed by atoms with Crippen molar-refractivity contribution < 1.29 is 4.79 Å². The summed E-state index contributed by atoms with van der Waals surface area (Å²) in [5, 5.41) is 0. The summed E-state index contributed by atoms with van der Waals surface area (Å²) in [7, 11) is 1.88. The molecule has 1 aromatic heterocycles. The lowest BCUT2D eigenvalue weighted by Crippen LogP contribution is -2.27. The highest BCUT2D eigenvalue weighted by Gasteiger charge is 2.14. The van der Waals surface area contributed by atoms with Gasteiger partial charge in [0, 0.05) is 13.6 Å². The van der Waals surface area contributed by atoms with E-state index in [4.69, 9.17) is 11.5 Å². The van der Waals surface area contributed by atoms with Gasteiger partial charge in [0.05, 0.1) is 17.4 Å². The zero-order valence-electron chi connectivity index (χ0n) is 9.90. The molecule has 0 unspecified atom stereocenters. The van der Waals surface area contributed by atoms with Crippen LogP contribution in [0.2, 0.25) is 0 Å².